The Morgan fingerprint density at radius 1 is 0.963 bits per heavy atom. The van der Waals surface area contributed by atoms with Gasteiger partial charge in [-0.05, 0) is 68.0 Å². The zero-order chi connectivity index (χ0) is 18.6. The van der Waals surface area contributed by atoms with E-state index in [0.29, 0.717) is 0 Å². The van der Waals surface area contributed by atoms with Crippen LogP contribution in [0.1, 0.15) is 43.2 Å². The minimum atomic E-state index is 0.804. The van der Waals surface area contributed by atoms with Gasteiger partial charge in [-0.15, -0.1) is 10.2 Å². The number of pyridine rings is 1. The quantitative estimate of drug-likeness (QED) is 0.541. The number of benzene rings is 1. The number of aromatic nitrogens is 4. The first-order valence-electron chi connectivity index (χ1n) is 9.78. The van der Waals surface area contributed by atoms with Crippen molar-refractivity contribution >= 4 is 11.8 Å². The van der Waals surface area contributed by atoms with E-state index < -0.39 is 0 Å². The van der Waals surface area contributed by atoms with Crippen molar-refractivity contribution in [3.05, 3.63) is 53.9 Å². The van der Waals surface area contributed by atoms with Crippen LogP contribution in [-0.4, -0.2) is 25.5 Å². The fourth-order valence-corrected chi connectivity index (χ4v) is 4.83. The molecule has 3 aromatic rings. The molecular formula is C22H26N4S. The first kappa shape index (κ1) is 18.2. The van der Waals surface area contributed by atoms with Crippen LogP contribution in [0.5, 0.6) is 0 Å². The van der Waals surface area contributed by atoms with E-state index >= 15 is 0 Å². The van der Waals surface area contributed by atoms with Crippen LogP contribution < -0.4 is 0 Å². The van der Waals surface area contributed by atoms with E-state index in [-0.39, 0.29) is 0 Å². The van der Waals surface area contributed by atoms with Gasteiger partial charge in [-0.25, -0.2) is 0 Å². The van der Waals surface area contributed by atoms with Crippen LogP contribution in [0.25, 0.3) is 17.1 Å². The normalized spacial score (nSPS) is 15.2. The highest BCUT2D eigenvalue weighted by atomic mass is 32.2. The Morgan fingerprint density at radius 2 is 1.74 bits per heavy atom. The highest BCUT2D eigenvalue weighted by molar-refractivity contribution is 7.99. The van der Waals surface area contributed by atoms with Crippen LogP contribution in [0, 0.1) is 19.8 Å². The Kier molecular flexibility index (Phi) is 5.58. The van der Waals surface area contributed by atoms with Gasteiger partial charge in [-0.1, -0.05) is 37.1 Å². The molecule has 0 radical (unpaired) electrons. The molecule has 140 valence electrons. The molecule has 1 aliphatic rings. The molecule has 0 aliphatic heterocycles. The molecule has 27 heavy (non-hydrogen) atoms. The van der Waals surface area contributed by atoms with Crippen LogP contribution in [0.15, 0.2) is 47.9 Å². The second-order valence-corrected chi connectivity index (χ2v) is 8.45. The van der Waals surface area contributed by atoms with Crippen molar-refractivity contribution < 1.29 is 0 Å². The third-order valence-electron chi connectivity index (χ3n) is 5.49. The van der Waals surface area contributed by atoms with E-state index in [0.717, 1.165) is 33.9 Å². The molecule has 5 heteroatoms. The van der Waals surface area contributed by atoms with Gasteiger partial charge in [0, 0.05) is 23.7 Å². The molecule has 2 heterocycles. The molecular weight excluding hydrogens is 352 g/mol. The van der Waals surface area contributed by atoms with Crippen molar-refractivity contribution in [3.63, 3.8) is 0 Å². The van der Waals surface area contributed by atoms with Crippen molar-refractivity contribution in [2.75, 3.05) is 5.75 Å². The summed E-state index contributed by atoms with van der Waals surface area (Å²) in [5.74, 6) is 2.81. The lowest BCUT2D eigenvalue weighted by Gasteiger charge is -2.21. The first-order valence-corrected chi connectivity index (χ1v) is 10.8. The number of nitrogens with zero attached hydrogens (tertiary/aromatic N) is 4. The molecule has 0 spiro atoms. The average molecular weight is 379 g/mol. The number of rotatable bonds is 5. The lowest BCUT2D eigenvalue weighted by molar-refractivity contribution is 0.390. The number of thioether (sulfide) groups is 1. The van der Waals surface area contributed by atoms with Crippen molar-refractivity contribution in [1.82, 2.24) is 19.7 Å². The standard InChI is InChI=1S/C22H26N4S/c1-16-8-9-20(14-17(16)2)26-21(19-10-12-23-13-11-19)24-25-22(26)27-15-18-6-4-3-5-7-18/h8-14,18H,3-7,15H2,1-2H3. The second kappa shape index (κ2) is 8.26. The van der Waals surface area contributed by atoms with Crippen LogP contribution >= 0.6 is 11.8 Å². The van der Waals surface area contributed by atoms with Gasteiger partial charge in [0.05, 0.1) is 5.69 Å². The molecule has 0 unspecified atom stereocenters. The lowest BCUT2D eigenvalue weighted by atomic mass is 9.91. The largest absolute Gasteiger partial charge is 0.270 e. The van der Waals surface area contributed by atoms with Crippen molar-refractivity contribution in [1.29, 1.82) is 0 Å². The molecule has 4 nitrogen and oxygen atoms in total. The van der Waals surface area contributed by atoms with E-state index in [2.05, 4.69) is 51.8 Å². The molecule has 4 rings (SSSR count). The second-order valence-electron chi connectivity index (χ2n) is 7.46. The zero-order valence-corrected chi connectivity index (χ0v) is 16.9. The van der Waals surface area contributed by atoms with Gasteiger partial charge in [0.2, 0.25) is 0 Å². The highest BCUT2D eigenvalue weighted by Crippen LogP contribution is 2.33. The van der Waals surface area contributed by atoms with E-state index in [4.69, 9.17) is 0 Å². The molecule has 2 aromatic heterocycles. The van der Waals surface area contributed by atoms with E-state index in [1.54, 1.807) is 0 Å². The number of aryl methyl sites for hydroxylation is 2. The topological polar surface area (TPSA) is 43.6 Å². The summed E-state index contributed by atoms with van der Waals surface area (Å²) in [7, 11) is 0. The van der Waals surface area contributed by atoms with Crippen LogP contribution in [0.4, 0.5) is 0 Å². The summed E-state index contributed by atoms with van der Waals surface area (Å²) in [6.07, 6.45) is 10.5. The molecule has 0 amide bonds. The zero-order valence-electron chi connectivity index (χ0n) is 16.1. The van der Waals surface area contributed by atoms with Gasteiger partial charge >= 0.3 is 0 Å². The predicted molar refractivity (Wildman–Crippen MR) is 111 cm³/mol. The van der Waals surface area contributed by atoms with Crippen molar-refractivity contribution in [3.8, 4) is 17.1 Å². The minimum Gasteiger partial charge on any atom is -0.270 e. The minimum absolute atomic E-state index is 0.804. The molecule has 1 aromatic carbocycles. The van der Waals surface area contributed by atoms with E-state index in [9.17, 15) is 0 Å². The van der Waals surface area contributed by atoms with Gasteiger partial charge in [0.15, 0.2) is 11.0 Å². The number of hydrogen-bond donors (Lipinski definition) is 0. The summed E-state index contributed by atoms with van der Waals surface area (Å²) in [6, 6.07) is 10.6. The van der Waals surface area contributed by atoms with E-state index in [1.165, 1.54) is 43.2 Å². The van der Waals surface area contributed by atoms with Gasteiger partial charge in [-0.2, -0.15) is 0 Å². The Balaban J connectivity index is 1.70. The summed E-state index contributed by atoms with van der Waals surface area (Å²) in [6.45, 7) is 4.30. The van der Waals surface area contributed by atoms with Gasteiger partial charge in [0.25, 0.3) is 0 Å². The summed E-state index contributed by atoms with van der Waals surface area (Å²) < 4.78 is 2.20. The Morgan fingerprint density at radius 3 is 2.48 bits per heavy atom. The molecule has 1 saturated carbocycles. The Bertz CT molecular complexity index is 898. The SMILES string of the molecule is Cc1ccc(-n2c(SCC3CCCCC3)nnc2-c2ccncc2)cc1C. The summed E-state index contributed by atoms with van der Waals surface area (Å²) >= 11 is 1.85. The molecule has 0 N–H and O–H groups in total. The maximum Gasteiger partial charge on any atom is 0.196 e. The molecule has 1 aliphatic carbocycles. The van der Waals surface area contributed by atoms with Crippen LogP contribution in [0.3, 0.4) is 0 Å². The molecule has 0 bridgehead atoms. The van der Waals surface area contributed by atoms with Gasteiger partial charge in [0.1, 0.15) is 0 Å². The highest BCUT2D eigenvalue weighted by Gasteiger charge is 2.19. The van der Waals surface area contributed by atoms with Gasteiger partial charge in [-0.3, -0.25) is 9.55 Å². The predicted octanol–water partition coefficient (Wildman–Crippen LogP) is 5.62. The molecule has 0 atom stereocenters. The Labute approximate surface area is 165 Å². The summed E-state index contributed by atoms with van der Waals surface area (Å²) in [5.41, 5.74) is 4.75. The number of hydrogen-bond acceptors (Lipinski definition) is 4. The summed E-state index contributed by atoms with van der Waals surface area (Å²) in [4.78, 5) is 4.14. The van der Waals surface area contributed by atoms with Crippen molar-refractivity contribution in [2.24, 2.45) is 5.92 Å². The fourth-order valence-electron chi connectivity index (χ4n) is 3.70. The van der Waals surface area contributed by atoms with E-state index in [1.807, 2.05) is 36.3 Å². The van der Waals surface area contributed by atoms with Crippen molar-refractivity contribution in [2.45, 2.75) is 51.1 Å². The maximum absolute atomic E-state index is 4.56. The maximum atomic E-state index is 4.56. The third-order valence-corrected chi connectivity index (χ3v) is 6.65. The smallest absolute Gasteiger partial charge is 0.196 e. The van der Waals surface area contributed by atoms with Gasteiger partial charge < -0.3 is 0 Å². The molecule has 0 saturated heterocycles. The lowest BCUT2D eigenvalue weighted by Crippen LogP contribution is -2.09. The first-order chi connectivity index (χ1) is 13.2. The fraction of sp³-hybridized carbons (Fsp3) is 0.409. The monoisotopic (exact) mass is 378 g/mol. The van der Waals surface area contributed by atoms with Crippen LogP contribution in [0.2, 0.25) is 0 Å². The Hall–Kier alpha value is -2.14. The summed E-state index contributed by atoms with van der Waals surface area (Å²) in [5, 5.41) is 10.1. The average Bonchev–Trinajstić information content (AvgIpc) is 3.14. The molecule has 1 fully saturated rings. The van der Waals surface area contributed by atoms with Crippen LogP contribution in [-0.2, 0) is 0 Å². The third kappa shape index (κ3) is 4.08.